The molecule has 1 aromatic rings. The third kappa shape index (κ3) is 3.34. The van der Waals surface area contributed by atoms with Crippen molar-refractivity contribution in [2.45, 2.75) is 19.3 Å². The summed E-state index contributed by atoms with van der Waals surface area (Å²) in [6, 6.07) is 2.86. The van der Waals surface area contributed by atoms with Crippen molar-refractivity contribution in [2.75, 3.05) is 24.6 Å². The van der Waals surface area contributed by atoms with Crippen molar-refractivity contribution in [1.82, 2.24) is 0 Å². The molecule has 0 bridgehead atoms. The highest BCUT2D eigenvalue weighted by atomic mass is 35.5. The molecule has 2 rings (SSSR count). The van der Waals surface area contributed by atoms with Gasteiger partial charge >= 0.3 is 0 Å². The number of halogens is 2. The van der Waals surface area contributed by atoms with E-state index in [9.17, 15) is 10.1 Å². The molecule has 110 valence electrons. The second-order valence-corrected chi connectivity index (χ2v) is 5.79. The van der Waals surface area contributed by atoms with Crippen molar-refractivity contribution in [2.24, 2.45) is 5.92 Å². The van der Waals surface area contributed by atoms with Crippen LogP contribution in [0.15, 0.2) is 12.1 Å². The molecule has 0 radical (unpaired) electrons. The Morgan fingerprint density at radius 3 is 2.75 bits per heavy atom. The lowest BCUT2D eigenvalue weighted by Crippen LogP contribution is -2.36. The van der Waals surface area contributed by atoms with Crippen LogP contribution in [0, 0.1) is 16.0 Å². The summed E-state index contributed by atoms with van der Waals surface area (Å²) in [5.74, 6) is 0.350. The molecule has 0 amide bonds. The lowest BCUT2D eigenvalue weighted by atomic mass is 9.94. The largest absolute Gasteiger partial charge is 0.396 e. The predicted octanol–water partition coefficient (Wildman–Crippen LogP) is 3.50. The third-order valence-electron chi connectivity index (χ3n) is 3.61. The fourth-order valence-corrected chi connectivity index (χ4v) is 2.94. The standard InChI is InChI=1S/C13H16Cl2N2O3/c14-10-6-12(13(17(19)20)7-11(10)15)16-4-1-2-9(8-16)3-5-18/h6-7,9,18H,1-5,8H2. The van der Waals surface area contributed by atoms with Gasteiger partial charge in [0.15, 0.2) is 0 Å². The van der Waals surface area contributed by atoms with Crippen LogP contribution in [0.1, 0.15) is 19.3 Å². The molecule has 1 aromatic carbocycles. The zero-order valence-electron chi connectivity index (χ0n) is 10.9. The predicted molar refractivity (Wildman–Crippen MR) is 79.8 cm³/mol. The minimum Gasteiger partial charge on any atom is -0.396 e. The minimum atomic E-state index is -0.437. The summed E-state index contributed by atoms with van der Waals surface area (Å²) in [4.78, 5) is 12.7. The number of aliphatic hydroxyl groups is 1. The van der Waals surface area contributed by atoms with Crippen LogP contribution in [-0.4, -0.2) is 29.7 Å². The van der Waals surface area contributed by atoms with E-state index in [2.05, 4.69) is 0 Å². The molecule has 0 spiro atoms. The van der Waals surface area contributed by atoms with E-state index in [1.165, 1.54) is 6.07 Å². The first kappa shape index (κ1) is 15.4. The Morgan fingerprint density at radius 2 is 2.10 bits per heavy atom. The van der Waals surface area contributed by atoms with E-state index in [-0.39, 0.29) is 17.3 Å². The Kier molecular flexibility index (Phi) is 5.07. The number of nitrogens with zero attached hydrogens (tertiary/aromatic N) is 2. The van der Waals surface area contributed by atoms with Crippen molar-refractivity contribution in [3.05, 3.63) is 32.3 Å². The van der Waals surface area contributed by atoms with E-state index in [4.69, 9.17) is 28.3 Å². The van der Waals surface area contributed by atoms with Gasteiger partial charge in [-0.05, 0) is 31.2 Å². The van der Waals surface area contributed by atoms with E-state index < -0.39 is 4.92 Å². The van der Waals surface area contributed by atoms with Gasteiger partial charge in [0.05, 0.1) is 15.0 Å². The van der Waals surface area contributed by atoms with E-state index >= 15 is 0 Å². The van der Waals surface area contributed by atoms with Crippen LogP contribution in [0.2, 0.25) is 10.0 Å². The molecule has 0 saturated carbocycles. The molecular weight excluding hydrogens is 303 g/mol. The number of aliphatic hydroxyl groups excluding tert-OH is 1. The maximum atomic E-state index is 11.2. The number of benzene rings is 1. The summed E-state index contributed by atoms with van der Waals surface area (Å²) in [7, 11) is 0. The van der Waals surface area contributed by atoms with Crippen molar-refractivity contribution in [3.63, 3.8) is 0 Å². The minimum absolute atomic E-state index is 0.0240. The van der Waals surface area contributed by atoms with Crippen LogP contribution in [0.4, 0.5) is 11.4 Å². The summed E-state index contributed by atoms with van der Waals surface area (Å²) in [5.41, 5.74) is 0.482. The average Bonchev–Trinajstić information content (AvgIpc) is 2.42. The van der Waals surface area contributed by atoms with Crippen molar-refractivity contribution >= 4 is 34.6 Å². The zero-order chi connectivity index (χ0) is 14.7. The molecule has 20 heavy (non-hydrogen) atoms. The Morgan fingerprint density at radius 1 is 1.40 bits per heavy atom. The average molecular weight is 319 g/mol. The van der Waals surface area contributed by atoms with Gasteiger partial charge in [-0.2, -0.15) is 0 Å². The maximum Gasteiger partial charge on any atom is 0.294 e. The first-order valence-corrected chi connectivity index (χ1v) is 7.27. The van der Waals surface area contributed by atoms with Gasteiger partial charge in [0.1, 0.15) is 5.69 Å². The summed E-state index contributed by atoms with van der Waals surface area (Å²) in [6.07, 6.45) is 2.69. The topological polar surface area (TPSA) is 66.6 Å². The third-order valence-corrected chi connectivity index (χ3v) is 4.33. The van der Waals surface area contributed by atoms with Gasteiger partial charge in [0.2, 0.25) is 0 Å². The van der Waals surface area contributed by atoms with Gasteiger partial charge in [0.25, 0.3) is 5.69 Å². The Labute approximate surface area is 127 Å². The van der Waals surface area contributed by atoms with E-state index in [1.807, 2.05) is 4.90 Å². The number of anilines is 1. The number of nitro groups is 1. The number of rotatable bonds is 4. The van der Waals surface area contributed by atoms with Gasteiger partial charge in [-0.1, -0.05) is 23.2 Å². The first-order valence-electron chi connectivity index (χ1n) is 6.52. The fraction of sp³-hybridized carbons (Fsp3) is 0.538. The lowest BCUT2D eigenvalue weighted by Gasteiger charge is -2.34. The lowest BCUT2D eigenvalue weighted by molar-refractivity contribution is -0.384. The van der Waals surface area contributed by atoms with Crippen LogP contribution >= 0.6 is 23.2 Å². The number of piperidine rings is 1. The highest BCUT2D eigenvalue weighted by Gasteiger charge is 2.26. The summed E-state index contributed by atoms with van der Waals surface area (Å²) in [6.45, 7) is 1.59. The van der Waals surface area contributed by atoms with Crippen LogP contribution in [0.3, 0.4) is 0 Å². The number of hydrogen-bond donors (Lipinski definition) is 1. The van der Waals surface area contributed by atoms with Crippen molar-refractivity contribution < 1.29 is 10.0 Å². The molecule has 0 aromatic heterocycles. The highest BCUT2D eigenvalue weighted by molar-refractivity contribution is 6.42. The molecule has 1 aliphatic heterocycles. The molecule has 7 heteroatoms. The second-order valence-electron chi connectivity index (χ2n) is 4.98. The number of nitro benzene ring substituents is 1. The van der Waals surface area contributed by atoms with Crippen molar-refractivity contribution in [1.29, 1.82) is 0 Å². The second kappa shape index (κ2) is 6.61. The maximum absolute atomic E-state index is 11.2. The van der Waals surface area contributed by atoms with Gasteiger partial charge in [0, 0.05) is 25.8 Å². The Balaban J connectivity index is 2.31. The molecule has 1 aliphatic rings. The molecule has 1 saturated heterocycles. The van der Waals surface area contributed by atoms with E-state index in [1.54, 1.807) is 6.07 Å². The van der Waals surface area contributed by atoms with Crippen LogP contribution in [0.25, 0.3) is 0 Å². The molecule has 1 N–H and O–H groups in total. The Bertz CT molecular complexity index is 509. The molecule has 1 unspecified atom stereocenters. The zero-order valence-corrected chi connectivity index (χ0v) is 12.4. The Hall–Kier alpha value is -1.04. The summed E-state index contributed by atoms with van der Waals surface area (Å²) >= 11 is 11.8. The van der Waals surface area contributed by atoms with Crippen LogP contribution < -0.4 is 4.90 Å². The molecule has 1 atom stereocenters. The van der Waals surface area contributed by atoms with Crippen molar-refractivity contribution in [3.8, 4) is 0 Å². The smallest absolute Gasteiger partial charge is 0.294 e. The summed E-state index contributed by atoms with van der Waals surface area (Å²) < 4.78 is 0. The van der Waals surface area contributed by atoms with Crippen LogP contribution in [-0.2, 0) is 0 Å². The van der Waals surface area contributed by atoms with E-state index in [0.717, 1.165) is 19.4 Å². The van der Waals surface area contributed by atoms with Gasteiger partial charge in [-0.3, -0.25) is 10.1 Å². The normalized spacial score (nSPS) is 19.1. The number of hydrogen-bond acceptors (Lipinski definition) is 4. The SMILES string of the molecule is O=[N+]([O-])c1cc(Cl)c(Cl)cc1N1CCCC(CCO)C1. The van der Waals surface area contributed by atoms with Gasteiger partial charge in [-0.25, -0.2) is 0 Å². The molecule has 1 heterocycles. The summed E-state index contributed by atoms with van der Waals surface area (Å²) in [5, 5.41) is 20.7. The first-order chi connectivity index (χ1) is 9.52. The molecule has 0 aliphatic carbocycles. The molecule has 5 nitrogen and oxygen atoms in total. The van der Waals surface area contributed by atoms with Gasteiger partial charge in [-0.15, -0.1) is 0 Å². The van der Waals surface area contributed by atoms with E-state index in [0.29, 0.717) is 29.6 Å². The fourth-order valence-electron chi connectivity index (χ4n) is 2.63. The quantitative estimate of drug-likeness (QED) is 0.681. The monoisotopic (exact) mass is 318 g/mol. The van der Waals surface area contributed by atoms with Gasteiger partial charge < -0.3 is 10.0 Å². The van der Waals surface area contributed by atoms with Crippen LogP contribution in [0.5, 0.6) is 0 Å². The highest BCUT2D eigenvalue weighted by Crippen LogP contribution is 2.38. The molecule has 1 fully saturated rings. The molecular formula is C13H16Cl2N2O3.